The van der Waals surface area contributed by atoms with E-state index in [0.29, 0.717) is 23.3 Å². The summed E-state index contributed by atoms with van der Waals surface area (Å²) in [5.41, 5.74) is 7.37. The van der Waals surface area contributed by atoms with Crippen LogP contribution in [0.5, 0.6) is 0 Å². The zero-order valence-electron chi connectivity index (χ0n) is 71.9. The van der Waals surface area contributed by atoms with Crippen molar-refractivity contribution in [3.63, 3.8) is 0 Å². The van der Waals surface area contributed by atoms with Crippen molar-refractivity contribution in [1.82, 2.24) is 39.9 Å². The van der Waals surface area contributed by atoms with E-state index in [1.807, 2.05) is 94.1 Å². The van der Waals surface area contributed by atoms with E-state index in [4.69, 9.17) is 29.9 Å². The summed E-state index contributed by atoms with van der Waals surface area (Å²) in [4.78, 5) is 53.9. The Labute approximate surface area is 733 Å². The van der Waals surface area contributed by atoms with E-state index in [2.05, 4.69) is 114 Å². The van der Waals surface area contributed by atoms with Crippen LogP contribution < -0.4 is 0 Å². The quantitative estimate of drug-likeness (QED) is 0.0214. The Morgan fingerprint density at radius 2 is 0.327 bits per heavy atom. The molecule has 4 aromatic carbocycles. The van der Waals surface area contributed by atoms with Crippen LogP contribution >= 0.6 is 94.1 Å². The van der Waals surface area contributed by atoms with Crippen molar-refractivity contribution < 1.29 is 19.5 Å². The van der Waals surface area contributed by atoms with Gasteiger partial charge < -0.3 is 9.97 Å². The summed E-state index contributed by atoms with van der Waals surface area (Å²) in [6, 6.07) is 19.8. The third-order valence-electron chi connectivity index (χ3n) is 22.1. The fourth-order valence-corrected chi connectivity index (χ4v) is 24.4. The van der Waals surface area contributed by atoms with E-state index in [1.165, 1.54) is 347 Å². The molecule has 2 N–H and O–H groups in total. The number of hydrogen-bond acceptors (Lipinski definition) is 14. The van der Waals surface area contributed by atoms with Gasteiger partial charge in [0.05, 0.1) is 0 Å². The molecule has 0 spiro atoms. The predicted octanol–water partition coefficient (Wildman–Crippen LogP) is 34.5. The number of hydrogen-bond donors (Lipinski definition) is 2. The third-order valence-corrected chi connectivity index (χ3v) is 31.8. The van der Waals surface area contributed by atoms with Crippen molar-refractivity contribution in [3.05, 3.63) is 48.5 Å². The molecule has 0 unspecified atom stereocenters. The van der Waals surface area contributed by atoms with Crippen LogP contribution in [0.3, 0.4) is 0 Å². The van der Waals surface area contributed by atoms with Gasteiger partial charge in [0.2, 0.25) is 0 Å². The summed E-state index contributed by atoms with van der Waals surface area (Å²) in [5.74, 6) is 11.6. The Hall–Kier alpha value is -2.34. The molecule has 0 saturated heterocycles. The number of nitrogens with zero attached hydrogens (tertiary/aromatic N) is 6. The molecule has 17 heteroatoms. The summed E-state index contributed by atoms with van der Waals surface area (Å²) in [5, 5.41) is 4.32. The maximum absolute atomic E-state index is 5.90. The zero-order chi connectivity index (χ0) is 78.4. The molecule has 0 radical (unpaired) electrons. The molecular formula is C96H146N8S8Zn. The van der Waals surface area contributed by atoms with Gasteiger partial charge in [-0.25, -0.2) is 29.9 Å². The molecule has 0 amide bonds. The number of H-pyrrole nitrogens is 2. The third kappa shape index (κ3) is 32.5. The predicted molar refractivity (Wildman–Crippen MR) is 509 cm³/mol. The number of fused-ring (bicyclic) bond motifs is 20. The second-order valence-corrected chi connectivity index (χ2v) is 41.0. The van der Waals surface area contributed by atoms with Crippen molar-refractivity contribution >= 4 is 138 Å². The molecule has 620 valence electrons. The molecule has 8 bridgehead atoms. The van der Waals surface area contributed by atoms with Crippen molar-refractivity contribution in [2.75, 3.05) is 46.0 Å². The maximum atomic E-state index is 5.90. The number of benzene rings is 4. The minimum atomic E-state index is 0. The zero-order valence-corrected chi connectivity index (χ0v) is 81.4. The molecule has 0 aliphatic carbocycles. The summed E-state index contributed by atoms with van der Waals surface area (Å²) in [6.45, 7) is 18.6. The van der Waals surface area contributed by atoms with E-state index in [9.17, 15) is 0 Å². The largest absolute Gasteiger partial charge is 0.324 e. The molecule has 8 nitrogen and oxygen atoms in total. The van der Waals surface area contributed by atoms with Crippen LogP contribution in [-0.4, -0.2) is 85.9 Å². The van der Waals surface area contributed by atoms with Crippen LogP contribution in [0.1, 0.15) is 364 Å². The molecule has 2 aliphatic heterocycles. The van der Waals surface area contributed by atoms with Gasteiger partial charge in [-0.05, 0) is 146 Å². The maximum Gasteiger partial charge on any atom is 0.164 e. The smallest absolute Gasteiger partial charge is 0.164 e. The van der Waals surface area contributed by atoms with Gasteiger partial charge in [-0.2, -0.15) is 0 Å². The normalized spacial score (nSPS) is 12.0. The van der Waals surface area contributed by atoms with E-state index >= 15 is 0 Å². The SMILES string of the molecule is CCCCCCCCSc1cc2c(cc1SCCCCCCCC)-c1nc-2nc2[nH]c(nc3nc(nc4[nH]c(n1)c1cc(SCCCCCCCC)c(SCCCCCCCC)cc41)-c1cc(SCCCCCCCC)c(SCCCCCCCC)cc1-3)c1cc(SCCCCCCCC)c(SCCCCCCCC)cc21.[Zn]. The Morgan fingerprint density at radius 3 is 0.487 bits per heavy atom. The summed E-state index contributed by atoms with van der Waals surface area (Å²) in [7, 11) is 0. The number of unbranched alkanes of at least 4 members (excludes halogenated alkanes) is 40. The minimum Gasteiger partial charge on any atom is -0.324 e. The van der Waals surface area contributed by atoms with Crippen LogP contribution in [0.15, 0.2) is 87.7 Å². The van der Waals surface area contributed by atoms with Crippen molar-refractivity contribution in [2.45, 2.75) is 403 Å². The monoisotopic (exact) mass is 1730 g/mol. The van der Waals surface area contributed by atoms with E-state index < -0.39 is 0 Å². The van der Waals surface area contributed by atoms with Gasteiger partial charge in [-0.15, -0.1) is 94.1 Å². The van der Waals surface area contributed by atoms with Crippen LogP contribution in [0.25, 0.3) is 89.7 Å². The number of nitrogens with one attached hydrogen (secondary N) is 2. The first-order valence-electron chi connectivity index (χ1n) is 45.9. The Kier molecular flexibility index (Phi) is 49.2. The van der Waals surface area contributed by atoms with Gasteiger partial charge in [0.1, 0.15) is 22.6 Å². The summed E-state index contributed by atoms with van der Waals surface area (Å²) >= 11 is 16.4. The van der Waals surface area contributed by atoms with Crippen molar-refractivity contribution in [1.29, 1.82) is 0 Å². The number of rotatable bonds is 64. The second kappa shape index (κ2) is 57.8. The first-order valence-corrected chi connectivity index (χ1v) is 53.8. The number of aromatic nitrogens is 8. The van der Waals surface area contributed by atoms with Crippen molar-refractivity contribution in [2.24, 2.45) is 0 Å². The first-order chi connectivity index (χ1) is 55.3. The molecule has 2 aliphatic rings. The Morgan fingerprint density at radius 1 is 0.186 bits per heavy atom. The molecule has 0 saturated carbocycles. The topological polar surface area (TPSA) is 109 Å². The van der Waals surface area contributed by atoms with Gasteiger partial charge in [-0.3, -0.25) is 0 Å². The standard InChI is InChI=1S/C96H146N8S8.Zn/c1-9-17-25-33-41-49-57-105-81-65-73-74(66-82(81)106-58-50-42-34-26-18-10-2)90-97-89(73)101-91-75-67-83(107-59-51-43-35-27-19-11-3)84(108-60-52-44-36-28-20-12-4)68-76(75)93(98-91)103-95-79-71-87(111-63-55-47-39-31-23-15-7)88(112-64-56-48-40-32-24-16-8)72-80(79)96(100-95)104-94-78-70-86(110-62-54-46-38-30-22-14-6)85(69-77(78)92(99-94)102-90)109-61-53-45-37-29-21-13-5;/h65-72H,9-64H2,1-8H3,(H2,97,98,99,100,101,102,103,104);. The van der Waals surface area contributed by atoms with Crippen LogP contribution in [0.2, 0.25) is 0 Å². The van der Waals surface area contributed by atoms with Gasteiger partial charge in [-0.1, -0.05) is 312 Å². The Balaban J connectivity index is 0.0000160. The van der Waals surface area contributed by atoms with Crippen LogP contribution in [0.4, 0.5) is 0 Å². The summed E-state index contributed by atoms with van der Waals surface area (Å²) in [6.07, 6.45) is 61.8. The average Bonchev–Trinajstić information content (AvgIpc) is 1.62. The number of aromatic amines is 2. The molecule has 9 rings (SSSR count). The second-order valence-electron chi connectivity index (χ2n) is 31.9. The Bertz CT molecular complexity index is 3510. The first kappa shape index (κ1) is 96.1. The molecular weight excluding hydrogens is 1590 g/mol. The van der Waals surface area contributed by atoms with Gasteiger partial charge in [0.15, 0.2) is 23.3 Å². The average molecular weight is 1730 g/mol. The van der Waals surface area contributed by atoms with E-state index in [0.717, 1.165) is 112 Å². The van der Waals surface area contributed by atoms with Crippen LogP contribution in [0, 0.1) is 0 Å². The van der Waals surface area contributed by atoms with E-state index in [-0.39, 0.29) is 19.5 Å². The van der Waals surface area contributed by atoms with Crippen molar-refractivity contribution in [3.8, 4) is 45.6 Å². The van der Waals surface area contributed by atoms with Gasteiger partial charge in [0, 0.05) is 102 Å². The molecule has 7 aromatic rings. The fourth-order valence-electron chi connectivity index (χ4n) is 15.2. The molecule has 3 aromatic heterocycles. The summed E-state index contributed by atoms with van der Waals surface area (Å²) < 4.78 is 0. The van der Waals surface area contributed by atoms with Gasteiger partial charge in [0.25, 0.3) is 0 Å². The fraction of sp³-hybridized carbons (Fsp3) is 0.667. The molecule has 113 heavy (non-hydrogen) atoms. The molecule has 0 atom stereocenters. The molecule has 5 heterocycles. The van der Waals surface area contributed by atoms with Crippen LogP contribution in [-0.2, 0) is 19.5 Å². The van der Waals surface area contributed by atoms with Gasteiger partial charge >= 0.3 is 0 Å². The molecule has 0 fully saturated rings. The number of thioether (sulfide) groups is 8. The van der Waals surface area contributed by atoms with E-state index in [1.54, 1.807) is 0 Å². The minimum absolute atomic E-state index is 0.